The van der Waals surface area contributed by atoms with E-state index in [2.05, 4.69) is 74.4 Å². The zero-order valence-electron chi connectivity index (χ0n) is 77.7. The van der Waals surface area contributed by atoms with E-state index in [-0.39, 0.29) is 167 Å². The fourth-order valence-corrected chi connectivity index (χ4v) is 15.2. The number of amides is 18. The number of carboxylic acid groups (broad SMARTS) is 3. The quantitative estimate of drug-likeness (QED) is 0.0153. The average molecular weight is 1890 g/mol. The zero-order chi connectivity index (χ0) is 100. The summed E-state index contributed by atoms with van der Waals surface area (Å²) in [4.78, 5) is 290. The third kappa shape index (κ3) is 40.1. The van der Waals surface area contributed by atoms with Crippen molar-refractivity contribution in [1.29, 1.82) is 5.41 Å². The van der Waals surface area contributed by atoms with Crippen molar-refractivity contribution in [2.75, 3.05) is 45.8 Å². The Bertz CT molecular complexity index is 4030. The number of guanidine groups is 1. The van der Waals surface area contributed by atoms with E-state index < -0.39 is 277 Å². The second kappa shape index (κ2) is 58.8. The van der Waals surface area contributed by atoms with Crippen LogP contribution in [0.5, 0.6) is 0 Å². The molecule has 18 amide bonds. The van der Waals surface area contributed by atoms with E-state index in [0.29, 0.717) is 19.3 Å². The first kappa shape index (κ1) is 115. The Morgan fingerprint density at radius 3 is 1.08 bits per heavy atom. The fraction of sp³-hybridized carbons (Fsp3) is 0.738. The minimum Gasteiger partial charge on any atom is -0.481 e. The van der Waals surface area contributed by atoms with Gasteiger partial charge in [0.05, 0.1) is 6.04 Å². The van der Waals surface area contributed by atoms with Crippen LogP contribution >= 0.6 is 0 Å². The zero-order valence-corrected chi connectivity index (χ0v) is 77.7. The van der Waals surface area contributed by atoms with Crippen molar-refractivity contribution in [2.45, 2.75) is 332 Å². The van der Waals surface area contributed by atoms with Crippen LogP contribution in [0.1, 0.15) is 229 Å². The molecule has 0 aromatic carbocycles. The van der Waals surface area contributed by atoms with E-state index in [0.717, 1.165) is 4.90 Å². The summed E-state index contributed by atoms with van der Waals surface area (Å²) in [6.45, 7) is 14.2. The Morgan fingerprint density at radius 1 is 0.338 bits per heavy atom. The van der Waals surface area contributed by atoms with Gasteiger partial charge >= 0.3 is 17.9 Å². The molecule has 0 radical (unpaired) electrons. The molecule has 3 heterocycles. The topological polar surface area (TPSA) is 803 Å². The predicted molar refractivity (Wildman–Crippen MR) is 480 cm³/mol. The summed E-state index contributed by atoms with van der Waals surface area (Å²) in [6.07, 6.45) is -0.655. The second-order valence-electron chi connectivity index (χ2n) is 35.0. The number of nitrogens with zero attached hydrogens (tertiary/aromatic N) is 3. The molecule has 0 aliphatic carbocycles. The normalized spacial score (nSPS) is 17.9. The Balaban J connectivity index is 1.86. The van der Waals surface area contributed by atoms with Crippen LogP contribution in [-0.4, -0.2) is 309 Å². The van der Waals surface area contributed by atoms with E-state index in [9.17, 15) is 111 Å². The third-order valence-corrected chi connectivity index (χ3v) is 22.8. The molecular formula is C84H145N25O24. The first-order valence-corrected chi connectivity index (χ1v) is 45.6. The summed E-state index contributed by atoms with van der Waals surface area (Å²) < 4.78 is 0. The predicted octanol–water partition coefficient (Wildman–Crippen LogP) is -7.00. The van der Waals surface area contributed by atoms with Crippen molar-refractivity contribution in [3.05, 3.63) is 0 Å². The number of hydrogen-bond donors (Lipinski definition) is 25. The van der Waals surface area contributed by atoms with Crippen LogP contribution in [0.3, 0.4) is 0 Å². The van der Waals surface area contributed by atoms with Crippen molar-refractivity contribution in [2.24, 2.45) is 57.9 Å². The lowest BCUT2D eigenvalue weighted by Gasteiger charge is -2.33. The van der Waals surface area contributed by atoms with Crippen LogP contribution in [0.2, 0.25) is 0 Å². The highest BCUT2D eigenvalue weighted by atomic mass is 16.4. The number of rotatable bonds is 62. The molecule has 3 aliphatic rings. The summed E-state index contributed by atoms with van der Waals surface area (Å²) in [6, 6.07) is -23.6. The van der Waals surface area contributed by atoms with Gasteiger partial charge in [-0.3, -0.25) is 101 Å². The first-order chi connectivity index (χ1) is 62.6. The Kier molecular flexibility index (Phi) is 50.9. The molecule has 32 N–H and O–H groups in total. The molecule has 0 aromatic heterocycles. The number of likely N-dealkylation sites (tertiary alicyclic amines) is 3. The van der Waals surface area contributed by atoms with Gasteiger partial charge in [0.1, 0.15) is 96.7 Å². The molecule has 0 unspecified atom stereocenters. The molecule has 0 aromatic rings. The Labute approximate surface area is 773 Å². The van der Waals surface area contributed by atoms with Crippen LogP contribution in [0.25, 0.3) is 0 Å². The van der Waals surface area contributed by atoms with Gasteiger partial charge in [0.15, 0.2) is 5.96 Å². The smallest absolute Gasteiger partial charge is 0.326 e. The molecule has 0 bridgehead atoms. The fourth-order valence-electron chi connectivity index (χ4n) is 15.2. The highest BCUT2D eigenvalue weighted by Crippen LogP contribution is 2.26. The maximum atomic E-state index is 14.9. The number of primary amides is 2. The van der Waals surface area contributed by atoms with Gasteiger partial charge in [0.25, 0.3) is 0 Å². The van der Waals surface area contributed by atoms with E-state index >= 15 is 0 Å². The maximum Gasteiger partial charge on any atom is 0.326 e. The molecule has 133 heavy (non-hydrogen) atoms. The lowest BCUT2D eigenvalue weighted by molar-refractivity contribution is -0.146. The average Bonchev–Trinajstić information content (AvgIpc) is 1.69. The van der Waals surface area contributed by atoms with E-state index in [1.807, 2.05) is 0 Å². The summed E-state index contributed by atoms with van der Waals surface area (Å²) in [5, 5.41) is 72.2. The highest BCUT2D eigenvalue weighted by Gasteiger charge is 2.46. The molecule has 3 aliphatic heterocycles. The molecule has 49 nitrogen and oxygen atoms in total. The first-order valence-electron chi connectivity index (χ1n) is 45.6. The molecular weight excluding hydrogens is 1740 g/mol. The lowest BCUT2D eigenvalue weighted by Crippen LogP contribution is -2.61. The van der Waals surface area contributed by atoms with Crippen LogP contribution in [-0.2, 0) is 101 Å². The van der Waals surface area contributed by atoms with Crippen molar-refractivity contribution in [3.63, 3.8) is 0 Å². The number of carbonyl (C=O) groups is 21. The summed E-state index contributed by atoms with van der Waals surface area (Å²) in [5.74, 6) is -21.4. The van der Waals surface area contributed by atoms with Crippen LogP contribution < -0.4 is 115 Å². The van der Waals surface area contributed by atoms with Gasteiger partial charge in [0, 0.05) is 51.9 Å². The second-order valence-corrected chi connectivity index (χ2v) is 35.0. The molecule has 17 atom stereocenters. The molecule has 0 saturated carbocycles. The number of carbonyl (C=O) groups excluding carboxylic acids is 18. The van der Waals surface area contributed by atoms with E-state index in [4.69, 9.17) is 50.7 Å². The number of nitrogens with two attached hydrogens (primary N) is 7. The van der Waals surface area contributed by atoms with Crippen LogP contribution in [0.15, 0.2) is 0 Å². The standard InChI is InChI=1S/C84H145N25O24/c1-43(2)42-57(104-70(119)49(88)27-33-63(112)113)75(124)98-50(20-10-13-35-85)73(122)102-55(30-34-64(114)115)81(130)108-40-18-26-60(108)78(127)106-66(45(5)6)82(131)109-41-19-25-59(109)77(126)100-53(28-31-61(89)110)71(120)95-48(9)68(117)101-54(22-12-15-37-87)80(129)107-39-17-24-58(107)76(125)99-52(23-16-38-93-84(91)92)72(121)97-51(21-11-14-36-86)74(123)105-65(44(3)4)79(128)96-46(7)67(116)94-47(8)69(118)103-56(83(132)133)29-32-62(90)111/h43-60,65-66H,10-42,85-88H2,1-9H3,(H2,89,110)(H2,90,111)(H,94,116)(H,95,120)(H,96,128)(H,97,121)(H,98,124)(H,99,125)(H,100,126)(H,101,117)(H,102,122)(H,103,118)(H,104,119)(H,105,123)(H,106,127)(H,112,113)(H,114,115)(H,132,133)(H4,91,92,93)/t46-,47-,48-,49-,50-,51-,52-,53-,54-,55-,56-,57-,58-,59-,60-,65-,66-/m0/s1. The van der Waals surface area contributed by atoms with E-state index in [1.165, 1.54) is 30.6 Å². The minimum absolute atomic E-state index is 0.0188. The van der Waals surface area contributed by atoms with Gasteiger partial charge in [0.2, 0.25) is 106 Å². The Hall–Kier alpha value is -12.0. The van der Waals surface area contributed by atoms with E-state index in [1.54, 1.807) is 41.5 Å². The number of hydrogen-bond acceptors (Lipinski definition) is 26. The van der Waals surface area contributed by atoms with Crippen molar-refractivity contribution in [1.82, 2.24) is 89.1 Å². The summed E-state index contributed by atoms with van der Waals surface area (Å²) in [7, 11) is 0. The SMILES string of the molecule is CC(C)C[C@H](NC(=O)[C@@H](N)CCC(=O)O)C(=O)N[C@@H](CCCCN)C(=O)N[C@@H](CCC(=O)O)C(=O)N1CCC[C@H]1C(=O)N[C@H](C(=O)N1CCC[C@H]1C(=O)N[C@@H](CCC(N)=O)C(=O)N[C@@H](C)C(=O)N[C@@H](CCCCN)C(=O)N1CCC[C@H]1C(=O)N[C@@H](CCCNC(=N)N)C(=O)N[C@@H](CCCCN)C(=O)N[C@H](C(=O)N[C@@H](C)C(=O)N[C@@H](C)C(=O)N[C@@H](CCC(N)=O)C(=O)O)C(C)C)C(C)C. The summed E-state index contributed by atoms with van der Waals surface area (Å²) in [5.41, 5.74) is 39.6. The number of aliphatic carboxylic acids is 3. The minimum atomic E-state index is -1.60. The monoisotopic (exact) mass is 1890 g/mol. The summed E-state index contributed by atoms with van der Waals surface area (Å²) >= 11 is 0. The van der Waals surface area contributed by atoms with Crippen LogP contribution in [0.4, 0.5) is 0 Å². The largest absolute Gasteiger partial charge is 0.481 e. The van der Waals surface area contributed by atoms with Crippen molar-refractivity contribution < 1.29 is 116 Å². The molecule has 3 rings (SSSR count). The lowest BCUT2D eigenvalue weighted by atomic mass is 10.0. The van der Waals surface area contributed by atoms with Crippen molar-refractivity contribution >= 4 is 130 Å². The Morgan fingerprint density at radius 2 is 0.662 bits per heavy atom. The molecule has 750 valence electrons. The molecule has 3 fully saturated rings. The van der Waals surface area contributed by atoms with Crippen LogP contribution in [0, 0.1) is 23.2 Å². The third-order valence-electron chi connectivity index (χ3n) is 22.8. The highest BCUT2D eigenvalue weighted by molar-refractivity contribution is 6.02. The number of carboxylic acids is 3. The van der Waals surface area contributed by atoms with Gasteiger partial charge < -0.3 is 145 Å². The van der Waals surface area contributed by atoms with Gasteiger partial charge in [-0.25, -0.2) is 4.79 Å². The molecule has 0 spiro atoms. The number of nitrogens with one attached hydrogen (secondary N) is 15. The van der Waals surface area contributed by atoms with Crippen molar-refractivity contribution in [3.8, 4) is 0 Å². The van der Waals surface area contributed by atoms with Gasteiger partial charge in [-0.2, -0.15) is 0 Å². The van der Waals surface area contributed by atoms with Gasteiger partial charge in [-0.05, 0) is 199 Å². The molecule has 3 saturated heterocycles. The number of unbranched alkanes of at least 4 members (excludes halogenated alkanes) is 3. The van der Waals surface area contributed by atoms with Gasteiger partial charge in [-0.15, -0.1) is 0 Å². The molecule has 49 heteroatoms. The van der Waals surface area contributed by atoms with Gasteiger partial charge in [-0.1, -0.05) is 41.5 Å². The maximum absolute atomic E-state index is 14.9.